The molecule has 18 heavy (non-hydrogen) atoms. The molecule has 0 aromatic heterocycles. The quantitative estimate of drug-likeness (QED) is 0.542. The molecule has 0 aliphatic carbocycles. The fourth-order valence-electron chi connectivity index (χ4n) is 1.28. The lowest BCUT2D eigenvalue weighted by molar-refractivity contribution is 0.00320. The summed E-state index contributed by atoms with van der Waals surface area (Å²) in [6.07, 6.45) is 0. The molecule has 1 amide bonds. The van der Waals surface area contributed by atoms with Gasteiger partial charge in [0.15, 0.2) is 0 Å². The number of nitrogen functional groups attached to an aromatic ring is 1. The van der Waals surface area contributed by atoms with Crippen molar-refractivity contribution in [2.24, 2.45) is 0 Å². The van der Waals surface area contributed by atoms with Gasteiger partial charge in [-0.3, -0.25) is 4.79 Å². The molecule has 6 heteroatoms. The minimum absolute atomic E-state index is 0.0705. The highest BCUT2D eigenvalue weighted by Gasteiger charge is 2.21. The van der Waals surface area contributed by atoms with Crippen molar-refractivity contribution < 1.29 is 19.7 Å². The molecule has 0 aliphatic heterocycles. The first-order valence-corrected chi connectivity index (χ1v) is 5.44. The summed E-state index contributed by atoms with van der Waals surface area (Å²) in [6.45, 7) is 0.905. The molecular formula is C12H18N2O4. The summed E-state index contributed by atoms with van der Waals surface area (Å²) in [5, 5.41) is 20.9. The summed E-state index contributed by atoms with van der Waals surface area (Å²) in [7, 11) is 1.49. The number of nitrogens with two attached hydrogens (primary N) is 1. The van der Waals surface area contributed by atoms with Gasteiger partial charge in [-0.05, 0) is 25.1 Å². The van der Waals surface area contributed by atoms with Crippen LogP contribution in [0, 0.1) is 0 Å². The van der Waals surface area contributed by atoms with Gasteiger partial charge in [-0.15, -0.1) is 0 Å². The van der Waals surface area contributed by atoms with Gasteiger partial charge in [0.2, 0.25) is 0 Å². The molecule has 0 fully saturated rings. The highest BCUT2D eigenvalue weighted by Crippen LogP contribution is 2.19. The number of hydrogen-bond donors (Lipinski definition) is 4. The number of methoxy groups -OCH3 is 1. The second-order valence-electron chi connectivity index (χ2n) is 4.29. The molecular weight excluding hydrogens is 236 g/mol. The zero-order chi connectivity index (χ0) is 13.8. The summed E-state index contributed by atoms with van der Waals surface area (Å²) in [4.78, 5) is 11.9. The Balaban J connectivity index is 2.78. The lowest BCUT2D eigenvalue weighted by Crippen LogP contribution is -2.43. The van der Waals surface area contributed by atoms with E-state index in [4.69, 9.17) is 15.6 Å². The van der Waals surface area contributed by atoms with E-state index in [-0.39, 0.29) is 12.1 Å². The van der Waals surface area contributed by atoms with Crippen molar-refractivity contribution in [3.8, 4) is 5.75 Å². The molecule has 0 heterocycles. The molecule has 100 valence electrons. The van der Waals surface area contributed by atoms with Crippen LogP contribution in [0.4, 0.5) is 5.69 Å². The molecule has 0 spiro atoms. The average molecular weight is 254 g/mol. The molecule has 5 N–H and O–H groups in total. The molecule has 1 unspecified atom stereocenters. The SMILES string of the molecule is COc1ccc(N)c(C(=O)NCC(C)(O)CO)c1. The first-order chi connectivity index (χ1) is 8.39. The lowest BCUT2D eigenvalue weighted by atomic mass is 10.1. The predicted octanol–water partition coefficient (Wildman–Crippen LogP) is -0.250. The highest BCUT2D eigenvalue weighted by molar-refractivity contribution is 5.99. The van der Waals surface area contributed by atoms with Gasteiger partial charge in [0.1, 0.15) is 11.4 Å². The fraction of sp³-hybridized carbons (Fsp3) is 0.417. The average Bonchev–Trinajstić information content (AvgIpc) is 2.36. The number of aliphatic hydroxyl groups excluding tert-OH is 1. The molecule has 0 saturated carbocycles. The molecule has 1 atom stereocenters. The largest absolute Gasteiger partial charge is 0.497 e. The van der Waals surface area contributed by atoms with Crippen LogP contribution < -0.4 is 15.8 Å². The third-order valence-corrected chi connectivity index (χ3v) is 2.48. The van der Waals surface area contributed by atoms with Gasteiger partial charge in [0, 0.05) is 12.2 Å². The Kier molecular flexibility index (Phi) is 4.52. The van der Waals surface area contributed by atoms with Crippen molar-refractivity contribution in [3.05, 3.63) is 23.8 Å². The van der Waals surface area contributed by atoms with Crippen LogP contribution >= 0.6 is 0 Å². The number of ether oxygens (including phenoxy) is 1. The zero-order valence-electron chi connectivity index (χ0n) is 10.4. The minimum atomic E-state index is -1.36. The predicted molar refractivity (Wildman–Crippen MR) is 67.4 cm³/mol. The second-order valence-corrected chi connectivity index (χ2v) is 4.29. The summed E-state index contributed by atoms with van der Waals surface area (Å²) < 4.78 is 5.00. The summed E-state index contributed by atoms with van der Waals surface area (Å²) in [5.41, 5.74) is 4.91. The molecule has 0 saturated heterocycles. The number of amides is 1. The Labute approximate surface area is 105 Å². The van der Waals surface area contributed by atoms with E-state index in [9.17, 15) is 9.90 Å². The molecule has 1 rings (SSSR count). The van der Waals surface area contributed by atoms with Crippen molar-refractivity contribution in [1.29, 1.82) is 0 Å². The van der Waals surface area contributed by atoms with E-state index in [1.807, 2.05) is 0 Å². The van der Waals surface area contributed by atoms with Crippen molar-refractivity contribution in [3.63, 3.8) is 0 Å². The number of rotatable bonds is 5. The van der Waals surface area contributed by atoms with E-state index in [0.717, 1.165) is 0 Å². The molecule has 1 aromatic rings. The maximum atomic E-state index is 11.9. The third kappa shape index (κ3) is 3.61. The number of carbonyl (C=O) groups is 1. The van der Waals surface area contributed by atoms with Gasteiger partial charge >= 0.3 is 0 Å². The summed E-state index contributed by atoms with van der Waals surface area (Å²) in [6, 6.07) is 4.73. The van der Waals surface area contributed by atoms with Gasteiger partial charge in [0.05, 0.1) is 19.3 Å². The Hall–Kier alpha value is -1.79. The van der Waals surface area contributed by atoms with Crippen LogP contribution in [0.25, 0.3) is 0 Å². The van der Waals surface area contributed by atoms with Gasteiger partial charge in [0.25, 0.3) is 5.91 Å². The van der Waals surface area contributed by atoms with Crippen LogP contribution in [0.15, 0.2) is 18.2 Å². The second kappa shape index (κ2) is 5.70. The van der Waals surface area contributed by atoms with Crippen LogP contribution in [0.3, 0.4) is 0 Å². The minimum Gasteiger partial charge on any atom is -0.497 e. The maximum absolute atomic E-state index is 11.9. The number of benzene rings is 1. The van der Waals surface area contributed by atoms with Gasteiger partial charge < -0.3 is 26.0 Å². The van der Waals surface area contributed by atoms with Crippen molar-refractivity contribution in [2.45, 2.75) is 12.5 Å². The Morgan fingerprint density at radius 1 is 1.56 bits per heavy atom. The summed E-state index contributed by atoms with van der Waals surface area (Å²) >= 11 is 0. The molecule has 0 bridgehead atoms. The smallest absolute Gasteiger partial charge is 0.253 e. The normalized spacial score (nSPS) is 13.8. The first kappa shape index (κ1) is 14.3. The van der Waals surface area contributed by atoms with E-state index >= 15 is 0 Å². The Morgan fingerprint density at radius 2 is 2.22 bits per heavy atom. The van der Waals surface area contributed by atoms with E-state index in [1.165, 1.54) is 20.1 Å². The Morgan fingerprint density at radius 3 is 2.78 bits per heavy atom. The molecule has 0 aliphatic rings. The Bertz CT molecular complexity index is 432. The van der Waals surface area contributed by atoms with Gasteiger partial charge in [-0.25, -0.2) is 0 Å². The lowest BCUT2D eigenvalue weighted by Gasteiger charge is -2.20. The molecule has 1 aromatic carbocycles. The highest BCUT2D eigenvalue weighted by atomic mass is 16.5. The van der Waals surface area contributed by atoms with Crippen LogP contribution in [0.2, 0.25) is 0 Å². The van der Waals surface area contributed by atoms with E-state index in [0.29, 0.717) is 11.4 Å². The van der Waals surface area contributed by atoms with Gasteiger partial charge in [-0.2, -0.15) is 0 Å². The standard InChI is InChI=1S/C12H18N2O4/c1-12(17,7-15)6-14-11(16)9-5-8(18-2)3-4-10(9)13/h3-5,15,17H,6-7,13H2,1-2H3,(H,14,16). The van der Waals surface area contributed by atoms with Crippen LogP contribution in [0.1, 0.15) is 17.3 Å². The van der Waals surface area contributed by atoms with E-state index < -0.39 is 18.1 Å². The molecule has 0 radical (unpaired) electrons. The number of nitrogens with one attached hydrogen (secondary N) is 1. The third-order valence-electron chi connectivity index (χ3n) is 2.48. The van der Waals surface area contributed by atoms with Crippen LogP contribution in [0.5, 0.6) is 5.75 Å². The monoisotopic (exact) mass is 254 g/mol. The van der Waals surface area contributed by atoms with Crippen molar-refractivity contribution >= 4 is 11.6 Å². The number of carbonyl (C=O) groups excluding carboxylic acids is 1. The number of aliphatic hydroxyl groups is 2. The van der Waals surface area contributed by atoms with Crippen molar-refractivity contribution in [1.82, 2.24) is 5.32 Å². The molecule has 6 nitrogen and oxygen atoms in total. The number of hydrogen-bond acceptors (Lipinski definition) is 5. The van der Waals surface area contributed by atoms with Crippen LogP contribution in [-0.4, -0.2) is 42.0 Å². The van der Waals surface area contributed by atoms with E-state index in [2.05, 4.69) is 5.32 Å². The maximum Gasteiger partial charge on any atom is 0.253 e. The first-order valence-electron chi connectivity index (χ1n) is 5.44. The van der Waals surface area contributed by atoms with Crippen LogP contribution in [-0.2, 0) is 0 Å². The fourth-order valence-corrected chi connectivity index (χ4v) is 1.28. The van der Waals surface area contributed by atoms with Gasteiger partial charge in [-0.1, -0.05) is 0 Å². The topological polar surface area (TPSA) is 105 Å². The summed E-state index contributed by atoms with van der Waals surface area (Å²) in [5.74, 6) is 0.0865. The number of anilines is 1. The van der Waals surface area contributed by atoms with E-state index in [1.54, 1.807) is 12.1 Å². The van der Waals surface area contributed by atoms with Crippen molar-refractivity contribution in [2.75, 3.05) is 26.0 Å². The zero-order valence-corrected chi connectivity index (χ0v) is 10.4.